The van der Waals surface area contributed by atoms with Crippen molar-refractivity contribution in [1.29, 1.82) is 0 Å². The standard InChI is InChI=1S/C23H30N2O2/c1-18(10-11-19-8-6-5-7-9-19)25-22(26)17-27-24-16-20-12-14-21(15-13-20)23(2,3)4/h5-9,12-16,18H,10-11,17H2,1-4H3,(H,25,26)/b24-16-/t18-/m0/s1. The summed E-state index contributed by atoms with van der Waals surface area (Å²) >= 11 is 0. The van der Waals surface area contributed by atoms with Crippen molar-refractivity contribution in [2.45, 2.75) is 52.0 Å². The second kappa shape index (κ2) is 9.91. The van der Waals surface area contributed by atoms with Gasteiger partial charge in [0.1, 0.15) is 0 Å². The normalized spacial score (nSPS) is 12.7. The molecule has 0 saturated heterocycles. The maximum atomic E-state index is 11.9. The predicted molar refractivity (Wildman–Crippen MR) is 111 cm³/mol. The molecule has 0 heterocycles. The highest BCUT2D eigenvalue weighted by atomic mass is 16.6. The largest absolute Gasteiger partial charge is 0.386 e. The summed E-state index contributed by atoms with van der Waals surface area (Å²) in [7, 11) is 0. The van der Waals surface area contributed by atoms with Crippen LogP contribution in [0.15, 0.2) is 59.8 Å². The van der Waals surface area contributed by atoms with Gasteiger partial charge in [-0.3, -0.25) is 4.79 Å². The third kappa shape index (κ3) is 7.65. The Labute approximate surface area is 162 Å². The first-order valence-electron chi connectivity index (χ1n) is 9.44. The van der Waals surface area contributed by atoms with E-state index in [1.165, 1.54) is 11.1 Å². The van der Waals surface area contributed by atoms with Crippen molar-refractivity contribution in [2.75, 3.05) is 6.61 Å². The van der Waals surface area contributed by atoms with Crippen molar-refractivity contribution in [3.05, 3.63) is 71.3 Å². The van der Waals surface area contributed by atoms with E-state index in [0.29, 0.717) is 0 Å². The highest BCUT2D eigenvalue weighted by molar-refractivity contribution is 5.80. The molecule has 2 rings (SSSR count). The van der Waals surface area contributed by atoms with Crippen molar-refractivity contribution < 1.29 is 9.63 Å². The number of carbonyl (C=O) groups excluding carboxylic acids is 1. The van der Waals surface area contributed by atoms with Gasteiger partial charge in [-0.15, -0.1) is 0 Å². The number of hydrogen-bond donors (Lipinski definition) is 1. The minimum absolute atomic E-state index is 0.0771. The first kappa shape index (κ1) is 20.7. The van der Waals surface area contributed by atoms with Gasteiger partial charge in [0.2, 0.25) is 0 Å². The molecule has 1 amide bonds. The van der Waals surface area contributed by atoms with Gasteiger partial charge >= 0.3 is 0 Å². The highest BCUT2D eigenvalue weighted by Gasteiger charge is 2.12. The lowest BCUT2D eigenvalue weighted by molar-refractivity contribution is -0.126. The average molecular weight is 367 g/mol. The molecule has 0 aliphatic heterocycles. The molecule has 0 radical (unpaired) electrons. The molecule has 0 aliphatic carbocycles. The smallest absolute Gasteiger partial charge is 0.260 e. The molecule has 4 nitrogen and oxygen atoms in total. The van der Waals surface area contributed by atoms with Crippen molar-refractivity contribution in [2.24, 2.45) is 5.16 Å². The van der Waals surface area contributed by atoms with Crippen LogP contribution in [0, 0.1) is 0 Å². The topological polar surface area (TPSA) is 50.7 Å². The zero-order chi connectivity index (χ0) is 19.7. The summed E-state index contributed by atoms with van der Waals surface area (Å²) in [5.74, 6) is -0.157. The van der Waals surface area contributed by atoms with Crippen LogP contribution < -0.4 is 5.32 Å². The number of nitrogens with zero attached hydrogens (tertiary/aromatic N) is 1. The molecular formula is C23H30N2O2. The Morgan fingerprint density at radius 2 is 1.78 bits per heavy atom. The lowest BCUT2D eigenvalue weighted by Gasteiger charge is -2.18. The van der Waals surface area contributed by atoms with Gasteiger partial charge in [0.05, 0.1) is 6.21 Å². The van der Waals surface area contributed by atoms with E-state index in [4.69, 9.17) is 4.84 Å². The fraction of sp³-hybridized carbons (Fsp3) is 0.391. The molecule has 4 heteroatoms. The van der Waals surface area contributed by atoms with Gasteiger partial charge in [-0.2, -0.15) is 0 Å². The monoisotopic (exact) mass is 366 g/mol. The number of benzene rings is 2. The minimum atomic E-state index is -0.157. The molecule has 0 fully saturated rings. The predicted octanol–water partition coefficient (Wildman–Crippen LogP) is 4.47. The number of amides is 1. The van der Waals surface area contributed by atoms with Crippen LogP contribution in [-0.4, -0.2) is 24.8 Å². The third-order valence-electron chi connectivity index (χ3n) is 4.36. The van der Waals surface area contributed by atoms with Gasteiger partial charge in [-0.1, -0.05) is 80.5 Å². The molecule has 2 aromatic rings. The maximum Gasteiger partial charge on any atom is 0.260 e. The molecule has 1 atom stereocenters. The van der Waals surface area contributed by atoms with E-state index in [1.807, 2.05) is 37.3 Å². The zero-order valence-corrected chi connectivity index (χ0v) is 16.7. The number of oxime groups is 1. The van der Waals surface area contributed by atoms with Gasteiger partial charge in [0, 0.05) is 6.04 Å². The third-order valence-corrected chi connectivity index (χ3v) is 4.36. The molecular weight excluding hydrogens is 336 g/mol. The van der Waals surface area contributed by atoms with Crippen LogP contribution in [0.25, 0.3) is 0 Å². The molecule has 0 aromatic heterocycles. The molecule has 0 saturated carbocycles. The van der Waals surface area contributed by atoms with Crippen LogP contribution in [-0.2, 0) is 21.5 Å². The molecule has 2 aromatic carbocycles. The number of hydrogen-bond acceptors (Lipinski definition) is 3. The first-order chi connectivity index (χ1) is 12.8. The summed E-state index contributed by atoms with van der Waals surface area (Å²) in [6.07, 6.45) is 3.45. The van der Waals surface area contributed by atoms with Crippen molar-refractivity contribution in [1.82, 2.24) is 5.32 Å². The van der Waals surface area contributed by atoms with Gasteiger partial charge in [-0.05, 0) is 41.9 Å². The van der Waals surface area contributed by atoms with E-state index in [1.54, 1.807) is 6.21 Å². The van der Waals surface area contributed by atoms with Crippen LogP contribution in [0.4, 0.5) is 0 Å². The zero-order valence-electron chi connectivity index (χ0n) is 16.7. The number of rotatable bonds is 8. The molecule has 0 bridgehead atoms. The molecule has 0 aliphatic rings. The lowest BCUT2D eigenvalue weighted by atomic mass is 9.87. The molecule has 1 N–H and O–H groups in total. The lowest BCUT2D eigenvalue weighted by Crippen LogP contribution is -2.35. The molecule has 144 valence electrons. The summed E-state index contributed by atoms with van der Waals surface area (Å²) in [4.78, 5) is 17.0. The maximum absolute atomic E-state index is 11.9. The summed E-state index contributed by atoms with van der Waals surface area (Å²) < 4.78 is 0. The van der Waals surface area contributed by atoms with E-state index in [-0.39, 0.29) is 24.0 Å². The first-order valence-corrected chi connectivity index (χ1v) is 9.44. The quantitative estimate of drug-likeness (QED) is 0.553. The van der Waals surface area contributed by atoms with E-state index in [0.717, 1.165) is 18.4 Å². The summed E-state index contributed by atoms with van der Waals surface area (Å²) in [6.45, 7) is 8.46. The van der Waals surface area contributed by atoms with Crippen LogP contribution in [0.5, 0.6) is 0 Å². The van der Waals surface area contributed by atoms with E-state index in [9.17, 15) is 4.79 Å². The van der Waals surface area contributed by atoms with E-state index >= 15 is 0 Å². The summed E-state index contributed by atoms with van der Waals surface area (Å²) in [6, 6.07) is 18.5. The van der Waals surface area contributed by atoms with Crippen LogP contribution in [0.3, 0.4) is 0 Å². The van der Waals surface area contributed by atoms with E-state index < -0.39 is 0 Å². The summed E-state index contributed by atoms with van der Waals surface area (Å²) in [5.41, 5.74) is 3.61. The second-order valence-corrected chi connectivity index (χ2v) is 7.87. The Balaban J connectivity index is 1.68. The van der Waals surface area contributed by atoms with Gasteiger partial charge in [0.15, 0.2) is 6.61 Å². The number of nitrogens with one attached hydrogen (secondary N) is 1. The summed E-state index contributed by atoms with van der Waals surface area (Å²) in [5, 5.41) is 6.82. The fourth-order valence-electron chi connectivity index (χ4n) is 2.68. The second-order valence-electron chi connectivity index (χ2n) is 7.87. The Bertz CT molecular complexity index is 731. The Morgan fingerprint density at radius 1 is 1.11 bits per heavy atom. The van der Waals surface area contributed by atoms with Crippen LogP contribution in [0.1, 0.15) is 50.8 Å². The molecule has 27 heavy (non-hydrogen) atoms. The molecule has 0 spiro atoms. The van der Waals surface area contributed by atoms with Crippen LogP contribution in [0.2, 0.25) is 0 Å². The van der Waals surface area contributed by atoms with Gasteiger partial charge in [0.25, 0.3) is 5.91 Å². The average Bonchev–Trinajstić information content (AvgIpc) is 2.64. The van der Waals surface area contributed by atoms with E-state index in [2.05, 4.69) is 55.5 Å². The van der Waals surface area contributed by atoms with Crippen molar-refractivity contribution >= 4 is 12.1 Å². The Hall–Kier alpha value is -2.62. The highest BCUT2D eigenvalue weighted by Crippen LogP contribution is 2.21. The number of carbonyl (C=O) groups is 1. The minimum Gasteiger partial charge on any atom is -0.386 e. The Kier molecular flexibility index (Phi) is 7.59. The van der Waals surface area contributed by atoms with Crippen LogP contribution >= 0.6 is 0 Å². The Morgan fingerprint density at radius 3 is 2.41 bits per heavy atom. The number of aryl methyl sites for hydroxylation is 1. The van der Waals surface area contributed by atoms with Gasteiger partial charge < -0.3 is 10.2 Å². The van der Waals surface area contributed by atoms with Crippen molar-refractivity contribution in [3.8, 4) is 0 Å². The fourth-order valence-corrected chi connectivity index (χ4v) is 2.68. The van der Waals surface area contributed by atoms with Gasteiger partial charge in [-0.25, -0.2) is 0 Å². The van der Waals surface area contributed by atoms with Crippen molar-refractivity contribution in [3.63, 3.8) is 0 Å². The molecule has 0 unspecified atom stereocenters. The SMILES string of the molecule is C[C@@H](CCc1ccccc1)NC(=O)CO/N=C\c1ccc(C(C)(C)C)cc1.